The number of rotatable bonds is 6. The summed E-state index contributed by atoms with van der Waals surface area (Å²) in [5, 5.41) is 13.4. The number of nitrogens with one attached hydrogen (secondary N) is 1. The molecule has 1 heterocycles. The number of amides is 1. The van der Waals surface area contributed by atoms with Crippen molar-refractivity contribution >= 4 is 22.5 Å². The molecule has 0 aliphatic carbocycles. The summed E-state index contributed by atoms with van der Waals surface area (Å²) in [4.78, 5) is 11.7. The summed E-state index contributed by atoms with van der Waals surface area (Å²) in [6.45, 7) is 2.77. The van der Waals surface area contributed by atoms with Crippen molar-refractivity contribution in [2.45, 2.75) is 13.5 Å². The van der Waals surface area contributed by atoms with Crippen LogP contribution in [0.25, 0.3) is 22.2 Å². The third-order valence-corrected chi connectivity index (χ3v) is 4.42. The lowest BCUT2D eigenvalue weighted by Crippen LogP contribution is -2.16. The molecule has 0 atom stereocenters. The van der Waals surface area contributed by atoms with Crippen molar-refractivity contribution in [3.05, 3.63) is 48.0 Å². The first-order chi connectivity index (χ1) is 13.1. The number of carbonyl (C=O) groups excluding carboxylic acids is 1. The molecule has 0 fully saturated rings. The summed E-state index contributed by atoms with van der Waals surface area (Å²) in [7, 11) is 3.10. The summed E-state index contributed by atoms with van der Waals surface area (Å²) >= 11 is 0. The predicted molar refractivity (Wildman–Crippen MR) is 105 cm³/mol. The van der Waals surface area contributed by atoms with Gasteiger partial charge in [-0.25, -0.2) is 0 Å². The van der Waals surface area contributed by atoms with Gasteiger partial charge in [0.15, 0.2) is 0 Å². The molecule has 0 aliphatic rings. The number of benzene rings is 2. The van der Waals surface area contributed by atoms with E-state index >= 15 is 0 Å². The number of aryl methyl sites for hydroxylation is 1. The minimum Gasteiger partial charge on any atom is -0.497 e. The van der Waals surface area contributed by atoms with Gasteiger partial charge < -0.3 is 19.4 Å². The lowest BCUT2D eigenvalue weighted by molar-refractivity contribution is -0.119. The van der Waals surface area contributed by atoms with Gasteiger partial charge in [0, 0.05) is 30.8 Å². The van der Waals surface area contributed by atoms with E-state index < -0.39 is 0 Å². The number of nitriles is 1. The van der Waals surface area contributed by atoms with Crippen LogP contribution in [0.5, 0.6) is 5.75 Å². The van der Waals surface area contributed by atoms with Crippen molar-refractivity contribution in [3.63, 3.8) is 0 Å². The SMILES string of the molecule is CCn1c(-c2ccc(NC(=O)COC)cc2)c(C#N)c2ccc(OC)cc21. The van der Waals surface area contributed by atoms with E-state index in [0.717, 1.165) is 27.9 Å². The van der Waals surface area contributed by atoms with Crippen LogP contribution in [0.2, 0.25) is 0 Å². The standard InChI is InChI=1S/C21H21N3O3/c1-4-24-19-11-16(27-3)9-10-17(19)18(12-22)21(24)14-5-7-15(8-6-14)23-20(25)13-26-2/h5-11H,4,13H2,1-3H3,(H,23,25). The number of nitrogens with zero attached hydrogens (tertiary/aromatic N) is 2. The van der Waals surface area contributed by atoms with E-state index in [9.17, 15) is 10.1 Å². The van der Waals surface area contributed by atoms with E-state index in [4.69, 9.17) is 9.47 Å². The van der Waals surface area contributed by atoms with Crippen molar-refractivity contribution in [2.24, 2.45) is 0 Å². The molecule has 1 amide bonds. The highest BCUT2D eigenvalue weighted by Crippen LogP contribution is 2.35. The maximum Gasteiger partial charge on any atom is 0.250 e. The average Bonchev–Trinajstić information content (AvgIpc) is 3.01. The van der Waals surface area contributed by atoms with Gasteiger partial charge in [-0.1, -0.05) is 12.1 Å². The molecule has 1 aromatic heterocycles. The zero-order valence-electron chi connectivity index (χ0n) is 15.6. The Kier molecular flexibility index (Phi) is 5.43. The number of ether oxygens (including phenoxy) is 2. The Morgan fingerprint density at radius 1 is 1.19 bits per heavy atom. The minimum absolute atomic E-state index is 0.00619. The Balaban J connectivity index is 2.08. The van der Waals surface area contributed by atoms with Gasteiger partial charge in [-0.05, 0) is 36.8 Å². The number of hydrogen-bond donors (Lipinski definition) is 1. The van der Waals surface area contributed by atoms with Crippen molar-refractivity contribution in [3.8, 4) is 23.1 Å². The molecular weight excluding hydrogens is 342 g/mol. The quantitative estimate of drug-likeness (QED) is 0.723. The Hall–Kier alpha value is -3.30. The van der Waals surface area contributed by atoms with Crippen LogP contribution in [-0.2, 0) is 16.1 Å². The van der Waals surface area contributed by atoms with Crippen molar-refractivity contribution in [1.82, 2.24) is 4.57 Å². The van der Waals surface area contributed by atoms with Gasteiger partial charge in [-0.2, -0.15) is 5.26 Å². The zero-order valence-corrected chi connectivity index (χ0v) is 15.6. The van der Waals surface area contributed by atoms with Crippen molar-refractivity contribution in [2.75, 3.05) is 26.1 Å². The molecule has 27 heavy (non-hydrogen) atoms. The number of fused-ring (bicyclic) bond motifs is 1. The second-order valence-electron chi connectivity index (χ2n) is 6.02. The third-order valence-electron chi connectivity index (χ3n) is 4.42. The Bertz CT molecular complexity index is 1010. The van der Waals surface area contributed by atoms with Crippen LogP contribution in [0.4, 0.5) is 5.69 Å². The van der Waals surface area contributed by atoms with E-state index in [-0.39, 0.29) is 12.5 Å². The van der Waals surface area contributed by atoms with Gasteiger partial charge >= 0.3 is 0 Å². The first-order valence-electron chi connectivity index (χ1n) is 8.62. The van der Waals surface area contributed by atoms with E-state index in [2.05, 4.69) is 16.0 Å². The average molecular weight is 363 g/mol. The highest BCUT2D eigenvalue weighted by Gasteiger charge is 2.18. The molecule has 6 nitrogen and oxygen atoms in total. The monoisotopic (exact) mass is 363 g/mol. The zero-order chi connectivity index (χ0) is 19.4. The van der Waals surface area contributed by atoms with E-state index in [1.165, 1.54) is 7.11 Å². The number of hydrogen-bond acceptors (Lipinski definition) is 4. The molecular formula is C21H21N3O3. The third kappa shape index (κ3) is 3.50. The molecule has 0 unspecified atom stereocenters. The predicted octanol–water partition coefficient (Wildman–Crippen LogP) is 3.79. The van der Waals surface area contributed by atoms with Gasteiger partial charge in [0.1, 0.15) is 18.4 Å². The first kappa shape index (κ1) is 18.5. The number of anilines is 1. The normalized spacial score (nSPS) is 10.6. The highest BCUT2D eigenvalue weighted by atomic mass is 16.5. The second-order valence-corrected chi connectivity index (χ2v) is 6.02. The molecule has 0 saturated carbocycles. The van der Waals surface area contributed by atoms with Crippen LogP contribution >= 0.6 is 0 Å². The van der Waals surface area contributed by atoms with Crippen LogP contribution in [-0.4, -0.2) is 31.3 Å². The second kappa shape index (κ2) is 7.94. The fourth-order valence-corrected chi connectivity index (χ4v) is 3.24. The maximum absolute atomic E-state index is 11.7. The van der Waals surface area contributed by atoms with Crippen LogP contribution in [0.3, 0.4) is 0 Å². The molecule has 0 bridgehead atoms. The first-order valence-corrected chi connectivity index (χ1v) is 8.62. The Labute approximate surface area is 157 Å². The van der Waals surface area contributed by atoms with Gasteiger partial charge in [-0.15, -0.1) is 0 Å². The molecule has 0 radical (unpaired) electrons. The molecule has 0 aliphatic heterocycles. The van der Waals surface area contributed by atoms with E-state index in [1.807, 2.05) is 49.4 Å². The number of aromatic nitrogens is 1. The Morgan fingerprint density at radius 3 is 2.52 bits per heavy atom. The van der Waals surface area contributed by atoms with E-state index in [0.29, 0.717) is 17.8 Å². The van der Waals surface area contributed by atoms with Gasteiger partial charge in [0.05, 0.1) is 23.9 Å². The highest BCUT2D eigenvalue weighted by molar-refractivity contribution is 5.96. The summed E-state index contributed by atoms with van der Waals surface area (Å²) in [5.74, 6) is 0.541. The molecule has 0 saturated heterocycles. The topological polar surface area (TPSA) is 76.3 Å². The fraction of sp³-hybridized carbons (Fsp3) is 0.238. The maximum atomic E-state index is 11.7. The minimum atomic E-state index is -0.210. The van der Waals surface area contributed by atoms with Crippen LogP contribution < -0.4 is 10.1 Å². The summed E-state index contributed by atoms with van der Waals surface area (Å²) < 4.78 is 12.3. The summed E-state index contributed by atoms with van der Waals surface area (Å²) in [6, 6.07) is 15.5. The molecule has 2 aromatic carbocycles. The number of carbonyl (C=O) groups is 1. The van der Waals surface area contributed by atoms with Gasteiger partial charge in [-0.3, -0.25) is 4.79 Å². The van der Waals surface area contributed by atoms with E-state index in [1.54, 1.807) is 7.11 Å². The largest absolute Gasteiger partial charge is 0.497 e. The summed E-state index contributed by atoms with van der Waals surface area (Å²) in [6.07, 6.45) is 0. The van der Waals surface area contributed by atoms with Crippen molar-refractivity contribution in [1.29, 1.82) is 5.26 Å². The van der Waals surface area contributed by atoms with Gasteiger partial charge in [0.2, 0.25) is 5.91 Å². The summed E-state index contributed by atoms with van der Waals surface area (Å²) in [5.41, 5.74) is 4.04. The fourth-order valence-electron chi connectivity index (χ4n) is 3.24. The lowest BCUT2D eigenvalue weighted by Gasteiger charge is -2.10. The molecule has 0 spiro atoms. The molecule has 138 valence electrons. The van der Waals surface area contributed by atoms with Crippen LogP contribution in [0, 0.1) is 11.3 Å². The van der Waals surface area contributed by atoms with Crippen LogP contribution in [0.15, 0.2) is 42.5 Å². The van der Waals surface area contributed by atoms with Gasteiger partial charge in [0.25, 0.3) is 0 Å². The molecule has 1 N–H and O–H groups in total. The Morgan fingerprint density at radius 2 is 1.93 bits per heavy atom. The smallest absolute Gasteiger partial charge is 0.250 e. The molecule has 3 rings (SSSR count). The number of methoxy groups -OCH3 is 2. The van der Waals surface area contributed by atoms with Crippen LogP contribution in [0.1, 0.15) is 12.5 Å². The molecule has 6 heteroatoms. The lowest BCUT2D eigenvalue weighted by atomic mass is 10.1. The molecule has 3 aromatic rings. The van der Waals surface area contributed by atoms with Crippen molar-refractivity contribution < 1.29 is 14.3 Å².